The highest BCUT2D eigenvalue weighted by Crippen LogP contribution is 2.18. The molecule has 0 aromatic heterocycles. The van der Waals surface area contributed by atoms with Crippen LogP contribution < -0.4 is 10.1 Å². The lowest BCUT2D eigenvalue weighted by atomic mass is 10.1. The van der Waals surface area contributed by atoms with Gasteiger partial charge >= 0.3 is 0 Å². The van der Waals surface area contributed by atoms with Crippen LogP contribution in [0, 0.1) is 12.8 Å². The second-order valence-corrected chi connectivity index (χ2v) is 4.68. The van der Waals surface area contributed by atoms with E-state index < -0.39 is 0 Å². The molecule has 0 aliphatic carbocycles. The Hall–Kier alpha value is -1.51. The zero-order valence-electron chi connectivity index (χ0n) is 11.0. The van der Waals surface area contributed by atoms with Crippen molar-refractivity contribution in [3.63, 3.8) is 0 Å². The van der Waals surface area contributed by atoms with E-state index in [9.17, 15) is 4.79 Å². The number of rotatable bonds is 5. The Balaban J connectivity index is 2.52. The summed E-state index contributed by atoms with van der Waals surface area (Å²) in [6.07, 6.45) is 0.579. The largest absolute Gasteiger partial charge is 0.496 e. The summed E-state index contributed by atoms with van der Waals surface area (Å²) in [5.41, 5.74) is 2.18. The quantitative estimate of drug-likeness (QED) is 0.852. The van der Waals surface area contributed by atoms with Crippen molar-refractivity contribution in [2.75, 3.05) is 7.11 Å². The Bertz CT molecular complexity index is 386. The third kappa shape index (κ3) is 4.47. The summed E-state index contributed by atoms with van der Waals surface area (Å²) in [4.78, 5) is 11.5. The maximum Gasteiger partial charge on any atom is 0.220 e. The molecule has 1 rings (SSSR count). The number of ether oxygens (including phenoxy) is 1. The number of nitrogens with one attached hydrogen (secondary N) is 1. The summed E-state index contributed by atoms with van der Waals surface area (Å²) in [5, 5.41) is 2.92. The lowest BCUT2D eigenvalue weighted by Gasteiger charge is -2.09. The highest BCUT2D eigenvalue weighted by atomic mass is 16.5. The zero-order chi connectivity index (χ0) is 12.8. The van der Waals surface area contributed by atoms with Crippen molar-refractivity contribution in [3.05, 3.63) is 29.3 Å². The number of carbonyl (C=O) groups is 1. The van der Waals surface area contributed by atoms with E-state index in [1.54, 1.807) is 7.11 Å². The number of methoxy groups -OCH3 is 1. The molecule has 1 aromatic rings. The standard InChI is InChI=1S/C14H21NO2/c1-10(2)7-14(16)15-9-12-5-6-13(17-4)11(3)8-12/h5-6,8,10H,7,9H2,1-4H3,(H,15,16). The SMILES string of the molecule is COc1ccc(CNC(=O)CC(C)C)cc1C. The maximum atomic E-state index is 11.5. The van der Waals surface area contributed by atoms with Gasteiger partial charge in [0.05, 0.1) is 7.11 Å². The van der Waals surface area contributed by atoms with E-state index in [0.29, 0.717) is 18.9 Å². The van der Waals surface area contributed by atoms with Crippen LogP contribution in [0.2, 0.25) is 0 Å². The predicted octanol–water partition coefficient (Wildman–Crippen LogP) is 2.67. The number of aryl methyl sites for hydroxylation is 1. The van der Waals surface area contributed by atoms with Crippen molar-refractivity contribution in [2.24, 2.45) is 5.92 Å². The van der Waals surface area contributed by atoms with Gasteiger partial charge < -0.3 is 10.1 Å². The molecule has 1 N–H and O–H groups in total. The summed E-state index contributed by atoms with van der Waals surface area (Å²) in [5.74, 6) is 1.38. The molecule has 0 spiro atoms. The third-order valence-electron chi connectivity index (χ3n) is 2.54. The fourth-order valence-electron chi connectivity index (χ4n) is 1.69. The number of carbonyl (C=O) groups excluding carboxylic acids is 1. The van der Waals surface area contributed by atoms with E-state index in [1.807, 2.05) is 39.0 Å². The second-order valence-electron chi connectivity index (χ2n) is 4.68. The topological polar surface area (TPSA) is 38.3 Å². The smallest absolute Gasteiger partial charge is 0.220 e. The van der Waals surface area contributed by atoms with Crippen molar-refractivity contribution in [1.82, 2.24) is 5.32 Å². The van der Waals surface area contributed by atoms with Gasteiger partial charge in [-0.05, 0) is 30.0 Å². The van der Waals surface area contributed by atoms with Gasteiger partial charge in [-0.25, -0.2) is 0 Å². The van der Waals surface area contributed by atoms with E-state index in [2.05, 4.69) is 5.32 Å². The van der Waals surface area contributed by atoms with Crippen molar-refractivity contribution in [2.45, 2.75) is 33.7 Å². The predicted molar refractivity (Wildman–Crippen MR) is 69.0 cm³/mol. The molecule has 0 fully saturated rings. The average Bonchev–Trinajstić information content (AvgIpc) is 2.25. The van der Waals surface area contributed by atoms with Crippen LogP contribution in [0.25, 0.3) is 0 Å². The monoisotopic (exact) mass is 235 g/mol. The lowest BCUT2D eigenvalue weighted by molar-refractivity contribution is -0.121. The number of hydrogen-bond acceptors (Lipinski definition) is 2. The molecule has 94 valence electrons. The van der Waals surface area contributed by atoms with Crippen LogP contribution in [0.3, 0.4) is 0 Å². The fourth-order valence-corrected chi connectivity index (χ4v) is 1.69. The first-order valence-electron chi connectivity index (χ1n) is 5.93. The van der Waals surface area contributed by atoms with E-state index in [-0.39, 0.29) is 5.91 Å². The minimum absolute atomic E-state index is 0.105. The summed E-state index contributed by atoms with van der Waals surface area (Å²) in [6.45, 7) is 6.66. The van der Waals surface area contributed by atoms with Gasteiger partial charge in [-0.2, -0.15) is 0 Å². The van der Waals surface area contributed by atoms with Gasteiger partial charge in [-0.3, -0.25) is 4.79 Å². The lowest BCUT2D eigenvalue weighted by Crippen LogP contribution is -2.23. The number of amides is 1. The Morgan fingerprint density at radius 1 is 1.41 bits per heavy atom. The molecule has 0 atom stereocenters. The van der Waals surface area contributed by atoms with Crippen LogP contribution >= 0.6 is 0 Å². The van der Waals surface area contributed by atoms with Gasteiger partial charge in [-0.15, -0.1) is 0 Å². The molecule has 0 unspecified atom stereocenters. The molecule has 1 amide bonds. The molecule has 0 radical (unpaired) electrons. The number of hydrogen-bond donors (Lipinski definition) is 1. The Morgan fingerprint density at radius 2 is 2.12 bits per heavy atom. The van der Waals surface area contributed by atoms with Crippen molar-refractivity contribution < 1.29 is 9.53 Å². The summed E-state index contributed by atoms with van der Waals surface area (Å²) in [6, 6.07) is 5.94. The fraction of sp³-hybridized carbons (Fsp3) is 0.500. The van der Waals surface area contributed by atoms with Gasteiger partial charge in [-0.1, -0.05) is 26.0 Å². The molecular formula is C14H21NO2. The van der Waals surface area contributed by atoms with Crippen molar-refractivity contribution in [3.8, 4) is 5.75 Å². The molecule has 3 nitrogen and oxygen atoms in total. The maximum absolute atomic E-state index is 11.5. The first kappa shape index (κ1) is 13.6. The molecule has 0 saturated heterocycles. The van der Waals surface area contributed by atoms with Gasteiger partial charge in [0.25, 0.3) is 0 Å². The van der Waals surface area contributed by atoms with E-state index in [0.717, 1.165) is 16.9 Å². The van der Waals surface area contributed by atoms with Crippen LogP contribution in [-0.2, 0) is 11.3 Å². The minimum atomic E-state index is 0.105. The van der Waals surface area contributed by atoms with E-state index >= 15 is 0 Å². The van der Waals surface area contributed by atoms with Gasteiger partial charge in [0.1, 0.15) is 5.75 Å². The zero-order valence-corrected chi connectivity index (χ0v) is 11.0. The Morgan fingerprint density at radius 3 is 2.65 bits per heavy atom. The highest BCUT2D eigenvalue weighted by Gasteiger charge is 2.05. The Labute approximate surface area is 103 Å². The minimum Gasteiger partial charge on any atom is -0.496 e. The summed E-state index contributed by atoms with van der Waals surface area (Å²) in [7, 11) is 1.66. The Kier molecular flexibility index (Phi) is 5.01. The van der Waals surface area contributed by atoms with Gasteiger partial charge in [0.15, 0.2) is 0 Å². The van der Waals surface area contributed by atoms with Crippen molar-refractivity contribution >= 4 is 5.91 Å². The van der Waals surface area contributed by atoms with Crippen LogP contribution in [0.4, 0.5) is 0 Å². The molecule has 1 aromatic carbocycles. The molecule has 0 bridgehead atoms. The summed E-state index contributed by atoms with van der Waals surface area (Å²) >= 11 is 0. The van der Waals surface area contributed by atoms with Crippen molar-refractivity contribution in [1.29, 1.82) is 0 Å². The van der Waals surface area contributed by atoms with Crippen LogP contribution in [0.5, 0.6) is 5.75 Å². The first-order chi connectivity index (χ1) is 8.02. The van der Waals surface area contributed by atoms with E-state index in [4.69, 9.17) is 4.74 Å². The van der Waals surface area contributed by atoms with E-state index in [1.165, 1.54) is 0 Å². The van der Waals surface area contributed by atoms with Gasteiger partial charge in [0, 0.05) is 13.0 Å². The molecular weight excluding hydrogens is 214 g/mol. The van der Waals surface area contributed by atoms with Crippen LogP contribution in [0.15, 0.2) is 18.2 Å². The van der Waals surface area contributed by atoms with Crippen LogP contribution in [-0.4, -0.2) is 13.0 Å². The highest BCUT2D eigenvalue weighted by molar-refractivity contribution is 5.76. The molecule has 0 aliphatic rings. The first-order valence-corrected chi connectivity index (χ1v) is 5.93. The van der Waals surface area contributed by atoms with Crippen LogP contribution in [0.1, 0.15) is 31.4 Å². The van der Waals surface area contributed by atoms with Gasteiger partial charge in [0.2, 0.25) is 5.91 Å². The molecule has 17 heavy (non-hydrogen) atoms. The molecule has 0 heterocycles. The molecule has 0 saturated carbocycles. The normalized spacial score (nSPS) is 10.4. The second kappa shape index (κ2) is 6.28. The summed E-state index contributed by atoms with van der Waals surface area (Å²) < 4.78 is 5.19. The molecule has 3 heteroatoms. The molecule has 0 aliphatic heterocycles. The number of benzene rings is 1. The average molecular weight is 235 g/mol. The third-order valence-corrected chi connectivity index (χ3v) is 2.54.